The lowest BCUT2D eigenvalue weighted by Crippen LogP contribution is -2.09. The molecule has 1 heterocycles. The van der Waals surface area contributed by atoms with Gasteiger partial charge < -0.3 is 16.0 Å². The van der Waals surface area contributed by atoms with Gasteiger partial charge in [-0.15, -0.1) is 0 Å². The van der Waals surface area contributed by atoms with Crippen LogP contribution in [0.4, 0.5) is 5.69 Å². The highest BCUT2D eigenvalue weighted by Crippen LogP contribution is 2.39. The van der Waals surface area contributed by atoms with Gasteiger partial charge in [0.25, 0.3) is 0 Å². The fourth-order valence-corrected chi connectivity index (χ4v) is 6.12. The third kappa shape index (κ3) is 4.07. The summed E-state index contributed by atoms with van der Waals surface area (Å²) in [6.07, 6.45) is 7.55. The number of anilines is 1. The predicted molar refractivity (Wildman–Crippen MR) is 171 cm³/mol. The van der Waals surface area contributed by atoms with Crippen LogP contribution < -0.4 is 11.5 Å². The second-order valence-electron chi connectivity index (χ2n) is 10.7. The van der Waals surface area contributed by atoms with Crippen molar-refractivity contribution in [2.24, 2.45) is 5.73 Å². The number of nitrogens with zero attached hydrogens (tertiary/aromatic N) is 1. The molecule has 4 N–H and O–H groups in total. The smallest absolute Gasteiger partial charge is 0.0547 e. The van der Waals surface area contributed by atoms with Crippen LogP contribution in [0.3, 0.4) is 0 Å². The fourth-order valence-electron chi connectivity index (χ4n) is 6.12. The molecule has 40 heavy (non-hydrogen) atoms. The first-order chi connectivity index (χ1) is 19.6. The van der Waals surface area contributed by atoms with E-state index in [4.69, 9.17) is 11.5 Å². The summed E-state index contributed by atoms with van der Waals surface area (Å²) in [4.78, 5) is 0. The number of rotatable bonds is 4. The molecular weight excluding hydrogens is 486 g/mol. The zero-order chi connectivity index (χ0) is 27.2. The van der Waals surface area contributed by atoms with Crippen LogP contribution in [0.25, 0.3) is 43.8 Å². The lowest BCUT2D eigenvalue weighted by molar-refractivity contribution is 0.835. The molecule has 0 amide bonds. The van der Waals surface area contributed by atoms with E-state index in [1.807, 2.05) is 18.2 Å². The molecule has 1 aromatic heterocycles. The van der Waals surface area contributed by atoms with Crippen molar-refractivity contribution < 1.29 is 0 Å². The van der Waals surface area contributed by atoms with Crippen molar-refractivity contribution in [2.75, 3.05) is 5.73 Å². The summed E-state index contributed by atoms with van der Waals surface area (Å²) in [6.45, 7) is 2.11. The predicted octanol–water partition coefficient (Wildman–Crippen LogP) is 8.88. The van der Waals surface area contributed by atoms with Crippen LogP contribution in [0, 0.1) is 0 Å². The molecule has 1 unspecified atom stereocenters. The third-order valence-corrected chi connectivity index (χ3v) is 8.14. The molecule has 0 aliphatic heterocycles. The van der Waals surface area contributed by atoms with Crippen LogP contribution >= 0.6 is 0 Å². The average molecular weight is 518 g/mol. The summed E-state index contributed by atoms with van der Waals surface area (Å²) in [7, 11) is 0. The number of benzene rings is 5. The van der Waals surface area contributed by atoms with Crippen LogP contribution in [-0.2, 0) is 0 Å². The molecule has 1 aliphatic carbocycles. The van der Waals surface area contributed by atoms with E-state index in [1.165, 1.54) is 43.8 Å². The van der Waals surface area contributed by atoms with E-state index in [0.29, 0.717) is 0 Å². The van der Waals surface area contributed by atoms with Gasteiger partial charge >= 0.3 is 0 Å². The first kappa shape index (κ1) is 24.1. The SMILES string of the molecule is C/C(=C\C1=CCC(c2ccc3c(c2)c2c4ccccc4ccc2n3-c2ccccc2)C=C1N)c1cccc(N)c1. The molecule has 1 aliphatic rings. The van der Waals surface area contributed by atoms with E-state index in [2.05, 4.69) is 121 Å². The number of aromatic nitrogens is 1. The minimum absolute atomic E-state index is 0.222. The molecule has 0 saturated heterocycles. The zero-order valence-corrected chi connectivity index (χ0v) is 22.5. The van der Waals surface area contributed by atoms with Gasteiger partial charge in [-0.05, 0) is 94.9 Å². The second-order valence-corrected chi connectivity index (χ2v) is 10.7. The molecule has 7 rings (SSSR count). The summed E-state index contributed by atoms with van der Waals surface area (Å²) in [5.74, 6) is 0.222. The van der Waals surface area contributed by atoms with Gasteiger partial charge in [0.15, 0.2) is 0 Å². The third-order valence-electron chi connectivity index (χ3n) is 8.14. The summed E-state index contributed by atoms with van der Waals surface area (Å²) in [5.41, 5.74) is 22.4. The lowest BCUT2D eigenvalue weighted by atomic mass is 9.87. The number of allylic oxidation sites excluding steroid dienone is 4. The van der Waals surface area contributed by atoms with Gasteiger partial charge in [-0.3, -0.25) is 0 Å². The van der Waals surface area contributed by atoms with Crippen molar-refractivity contribution in [3.8, 4) is 5.69 Å². The van der Waals surface area contributed by atoms with Crippen molar-refractivity contribution in [3.63, 3.8) is 0 Å². The van der Waals surface area contributed by atoms with E-state index < -0.39 is 0 Å². The molecule has 6 aromatic rings. The fraction of sp³-hybridized carbons (Fsp3) is 0.0811. The number of hydrogen-bond acceptors (Lipinski definition) is 2. The van der Waals surface area contributed by atoms with Gasteiger partial charge in [0, 0.05) is 33.8 Å². The molecule has 1 atom stereocenters. The molecular formula is C37H31N3. The number of nitrogens with two attached hydrogens (primary N) is 2. The molecule has 0 spiro atoms. The van der Waals surface area contributed by atoms with Crippen LogP contribution in [-0.4, -0.2) is 4.57 Å². The molecule has 3 nitrogen and oxygen atoms in total. The van der Waals surface area contributed by atoms with Crippen molar-refractivity contribution in [1.29, 1.82) is 0 Å². The maximum absolute atomic E-state index is 6.64. The van der Waals surface area contributed by atoms with Gasteiger partial charge in [0.05, 0.1) is 11.0 Å². The number of para-hydroxylation sites is 1. The van der Waals surface area contributed by atoms with Gasteiger partial charge in [-0.2, -0.15) is 0 Å². The molecule has 5 aromatic carbocycles. The Morgan fingerprint density at radius 2 is 1.57 bits per heavy atom. The average Bonchev–Trinajstić information content (AvgIpc) is 3.32. The Kier molecular flexibility index (Phi) is 5.78. The van der Waals surface area contributed by atoms with Gasteiger partial charge in [0.1, 0.15) is 0 Å². The summed E-state index contributed by atoms with van der Waals surface area (Å²) < 4.78 is 2.38. The quantitative estimate of drug-likeness (QED) is 0.229. The summed E-state index contributed by atoms with van der Waals surface area (Å²) >= 11 is 0. The second kappa shape index (κ2) is 9.62. The Hall–Kier alpha value is -5.02. The zero-order valence-electron chi connectivity index (χ0n) is 22.5. The minimum Gasteiger partial charge on any atom is -0.399 e. The molecule has 0 bridgehead atoms. The number of nitrogen functional groups attached to an aromatic ring is 1. The topological polar surface area (TPSA) is 57.0 Å². The molecule has 194 valence electrons. The molecule has 0 fully saturated rings. The highest BCUT2D eigenvalue weighted by molar-refractivity contribution is 6.21. The van der Waals surface area contributed by atoms with Crippen LogP contribution in [0.5, 0.6) is 0 Å². The minimum atomic E-state index is 0.222. The van der Waals surface area contributed by atoms with Crippen molar-refractivity contribution in [1.82, 2.24) is 4.57 Å². The first-order valence-electron chi connectivity index (χ1n) is 13.8. The van der Waals surface area contributed by atoms with Crippen LogP contribution in [0.1, 0.15) is 30.4 Å². The highest BCUT2D eigenvalue weighted by Gasteiger charge is 2.19. The van der Waals surface area contributed by atoms with Crippen molar-refractivity contribution >= 4 is 43.8 Å². The summed E-state index contributed by atoms with van der Waals surface area (Å²) in [5, 5.41) is 5.10. The Morgan fingerprint density at radius 1 is 0.775 bits per heavy atom. The Labute approximate surface area is 234 Å². The monoisotopic (exact) mass is 517 g/mol. The molecule has 0 radical (unpaired) electrons. The van der Waals surface area contributed by atoms with E-state index in [-0.39, 0.29) is 5.92 Å². The largest absolute Gasteiger partial charge is 0.399 e. The Bertz CT molecular complexity index is 2000. The van der Waals surface area contributed by atoms with Crippen LogP contribution in [0.2, 0.25) is 0 Å². The van der Waals surface area contributed by atoms with E-state index in [0.717, 1.165) is 34.5 Å². The number of hydrogen-bond donors (Lipinski definition) is 2. The maximum Gasteiger partial charge on any atom is 0.0547 e. The maximum atomic E-state index is 6.64. The summed E-state index contributed by atoms with van der Waals surface area (Å²) in [6, 6.07) is 38.7. The Balaban J connectivity index is 1.32. The van der Waals surface area contributed by atoms with E-state index in [1.54, 1.807) is 0 Å². The molecule has 3 heteroatoms. The van der Waals surface area contributed by atoms with E-state index >= 15 is 0 Å². The first-order valence-corrected chi connectivity index (χ1v) is 13.8. The van der Waals surface area contributed by atoms with E-state index in [9.17, 15) is 0 Å². The normalized spacial score (nSPS) is 15.9. The number of fused-ring (bicyclic) bond motifs is 5. The highest BCUT2D eigenvalue weighted by atomic mass is 15.0. The van der Waals surface area contributed by atoms with Crippen molar-refractivity contribution in [3.05, 3.63) is 150 Å². The molecule has 0 saturated carbocycles. The van der Waals surface area contributed by atoms with Crippen molar-refractivity contribution in [2.45, 2.75) is 19.3 Å². The lowest BCUT2D eigenvalue weighted by Gasteiger charge is -2.19. The van der Waals surface area contributed by atoms with Crippen LogP contribution in [0.15, 0.2) is 139 Å². The standard InChI is InChI=1S/C37H31N3/c1-24(26-9-7-10-30(38)21-26)20-29-15-14-28(23-34(29)39)27-17-18-35-33(22-27)37-32-13-6-5-8-25(32)16-19-36(37)40(35)31-11-3-2-4-12-31/h2-13,15-23,28H,14,38-39H2,1H3/b24-20+. The Morgan fingerprint density at radius 3 is 2.40 bits per heavy atom. The van der Waals surface area contributed by atoms with Gasteiger partial charge in [-0.25, -0.2) is 0 Å². The van der Waals surface area contributed by atoms with Gasteiger partial charge in [0.2, 0.25) is 0 Å². The van der Waals surface area contributed by atoms with Gasteiger partial charge in [-0.1, -0.05) is 78.9 Å².